The molecule has 0 fully saturated rings. The number of fused-ring (bicyclic) bond motifs is 1. The summed E-state index contributed by atoms with van der Waals surface area (Å²) < 4.78 is 13.4. The van der Waals surface area contributed by atoms with Gasteiger partial charge in [0.25, 0.3) is 5.91 Å². The Morgan fingerprint density at radius 2 is 2.29 bits per heavy atom. The van der Waals surface area contributed by atoms with Crippen molar-refractivity contribution in [1.29, 1.82) is 0 Å². The molecule has 0 bridgehead atoms. The number of rotatable bonds is 1. The Kier molecular flexibility index (Phi) is 3.74. The number of nitrogens with two attached hydrogens (primary N) is 1. The zero-order valence-electron chi connectivity index (χ0n) is 11.2. The van der Waals surface area contributed by atoms with Gasteiger partial charge in [-0.2, -0.15) is 0 Å². The van der Waals surface area contributed by atoms with Crippen LogP contribution < -0.4 is 10.6 Å². The molecule has 0 saturated carbocycles. The molecular weight excluding hydrogens is 287 g/mol. The molecule has 5 heteroatoms. The molecule has 2 heterocycles. The molecular formula is C16H13FN2OS. The Bertz CT molecular complexity index is 757. The molecule has 2 N–H and O–H groups in total. The van der Waals surface area contributed by atoms with Crippen LogP contribution in [0.1, 0.15) is 20.8 Å². The third kappa shape index (κ3) is 2.68. The summed E-state index contributed by atoms with van der Waals surface area (Å²) in [7, 11) is 0. The zero-order valence-corrected chi connectivity index (χ0v) is 12.0. The molecule has 2 aromatic rings. The third-order valence-corrected chi connectivity index (χ3v) is 4.19. The van der Waals surface area contributed by atoms with Gasteiger partial charge in [0.05, 0.1) is 22.7 Å². The Hall–Kier alpha value is -2.16. The highest BCUT2D eigenvalue weighted by Gasteiger charge is 2.26. The Balaban J connectivity index is 1.87. The van der Waals surface area contributed by atoms with Crippen LogP contribution in [-0.4, -0.2) is 19.0 Å². The Morgan fingerprint density at radius 1 is 1.43 bits per heavy atom. The first-order valence-corrected chi connectivity index (χ1v) is 7.45. The van der Waals surface area contributed by atoms with E-state index in [0.29, 0.717) is 24.3 Å². The van der Waals surface area contributed by atoms with Gasteiger partial charge in [0.1, 0.15) is 5.82 Å². The van der Waals surface area contributed by atoms with Gasteiger partial charge in [-0.15, -0.1) is 11.3 Å². The molecule has 1 aromatic carbocycles. The minimum atomic E-state index is -0.326. The minimum Gasteiger partial charge on any atom is -0.320 e. The number of benzene rings is 1. The lowest BCUT2D eigenvalue weighted by Crippen LogP contribution is -2.28. The van der Waals surface area contributed by atoms with Crippen molar-refractivity contribution in [3.63, 3.8) is 0 Å². The van der Waals surface area contributed by atoms with Crippen LogP contribution in [0.2, 0.25) is 0 Å². The van der Waals surface area contributed by atoms with Crippen LogP contribution in [0.3, 0.4) is 0 Å². The number of hydrogen-bond acceptors (Lipinski definition) is 3. The van der Waals surface area contributed by atoms with Gasteiger partial charge in [0.2, 0.25) is 0 Å². The molecule has 1 aliphatic heterocycles. The maximum atomic E-state index is 13.4. The maximum absolute atomic E-state index is 13.4. The van der Waals surface area contributed by atoms with E-state index >= 15 is 0 Å². The van der Waals surface area contributed by atoms with Crippen molar-refractivity contribution < 1.29 is 9.18 Å². The normalized spacial score (nSPS) is 12.8. The highest BCUT2D eigenvalue weighted by atomic mass is 32.1. The van der Waals surface area contributed by atoms with Crippen molar-refractivity contribution in [2.24, 2.45) is 5.73 Å². The van der Waals surface area contributed by atoms with E-state index < -0.39 is 0 Å². The summed E-state index contributed by atoms with van der Waals surface area (Å²) in [5.74, 6) is 5.23. The average molecular weight is 300 g/mol. The van der Waals surface area contributed by atoms with Gasteiger partial charge in [0, 0.05) is 11.9 Å². The van der Waals surface area contributed by atoms with Crippen LogP contribution in [0.5, 0.6) is 0 Å². The Labute approximate surface area is 126 Å². The summed E-state index contributed by atoms with van der Waals surface area (Å²) in [6, 6.07) is 6.34. The summed E-state index contributed by atoms with van der Waals surface area (Å²) >= 11 is 1.41. The van der Waals surface area contributed by atoms with E-state index in [1.165, 1.54) is 23.5 Å². The van der Waals surface area contributed by atoms with Gasteiger partial charge >= 0.3 is 0 Å². The monoisotopic (exact) mass is 300 g/mol. The minimum absolute atomic E-state index is 0.114. The fraction of sp³-hybridized carbons (Fsp3) is 0.188. The van der Waals surface area contributed by atoms with Crippen molar-refractivity contribution >= 4 is 22.9 Å². The number of carbonyl (C=O) groups excluding carboxylic acids is 1. The predicted octanol–water partition coefficient (Wildman–Crippen LogP) is 2.40. The number of halogens is 1. The largest absolute Gasteiger partial charge is 0.320 e. The molecule has 1 amide bonds. The highest BCUT2D eigenvalue weighted by Crippen LogP contribution is 2.30. The standard InChI is InChI=1S/C16H13FN2OS/c17-13-4-3-11-5-7-19(15(11)9-13)16(20)12-8-14(21-10-12)2-1-6-18/h3-4,8-10H,5-7,18H2. The van der Waals surface area contributed by atoms with Crippen LogP contribution in [0.4, 0.5) is 10.1 Å². The first-order chi connectivity index (χ1) is 10.2. The van der Waals surface area contributed by atoms with E-state index in [4.69, 9.17) is 5.73 Å². The topological polar surface area (TPSA) is 46.3 Å². The van der Waals surface area contributed by atoms with E-state index in [2.05, 4.69) is 11.8 Å². The van der Waals surface area contributed by atoms with Crippen molar-refractivity contribution in [1.82, 2.24) is 0 Å². The first kappa shape index (κ1) is 13.8. The van der Waals surface area contributed by atoms with Gasteiger partial charge in [-0.05, 0) is 30.2 Å². The summed E-state index contributed by atoms with van der Waals surface area (Å²) in [4.78, 5) is 15.0. The van der Waals surface area contributed by atoms with Gasteiger partial charge in [-0.1, -0.05) is 17.9 Å². The number of thiophene rings is 1. The number of carbonyl (C=O) groups is 1. The molecule has 106 valence electrons. The van der Waals surface area contributed by atoms with E-state index in [-0.39, 0.29) is 11.7 Å². The molecule has 3 rings (SSSR count). The third-order valence-electron chi connectivity index (χ3n) is 3.35. The molecule has 1 aliphatic rings. The van der Waals surface area contributed by atoms with Gasteiger partial charge in [-0.25, -0.2) is 4.39 Å². The SMILES string of the molecule is NCC#Cc1cc(C(=O)N2CCc3ccc(F)cc32)cs1. The maximum Gasteiger partial charge on any atom is 0.259 e. The summed E-state index contributed by atoms with van der Waals surface area (Å²) in [6.07, 6.45) is 0.755. The molecule has 0 spiro atoms. The van der Waals surface area contributed by atoms with Crippen LogP contribution >= 0.6 is 11.3 Å². The second-order valence-electron chi connectivity index (χ2n) is 4.69. The van der Waals surface area contributed by atoms with E-state index in [1.807, 2.05) is 0 Å². The highest BCUT2D eigenvalue weighted by molar-refractivity contribution is 7.10. The fourth-order valence-electron chi connectivity index (χ4n) is 2.37. The van der Waals surface area contributed by atoms with Crippen LogP contribution in [0.15, 0.2) is 29.6 Å². The van der Waals surface area contributed by atoms with Gasteiger partial charge in [-0.3, -0.25) is 4.79 Å². The second kappa shape index (κ2) is 5.68. The second-order valence-corrected chi connectivity index (χ2v) is 5.60. The molecule has 0 aliphatic carbocycles. The van der Waals surface area contributed by atoms with E-state index in [1.54, 1.807) is 22.4 Å². The molecule has 0 radical (unpaired) electrons. The predicted molar refractivity (Wildman–Crippen MR) is 82.0 cm³/mol. The van der Waals surface area contributed by atoms with Crippen molar-refractivity contribution in [2.75, 3.05) is 18.0 Å². The van der Waals surface area contributed by atoms with E-state index in [9.17, 15) is 9.18 Å². The number of amides is 1. The van der Waals surface area contributed by atoms with Crippen LogP contribution in [0.25, 0.3) is 0 Å². The van der Waals surface area contributed by atoms with Gasteiger partial charge in [0.15, 0.2) is 0 Å². The number of nitrogens with zero attached hydrogens (tertiary/aromatic N) is 1. The first-order valence-electron chi connectivity index (χ1n) is 6.57. The van der Waals surface area contributed by atoms with E-state index in [0.717, 1.165) is 16.9 Å². The molecule has 0 atom stereocenters. The summed E-state index contributed by atoms with van der Waals surface area (Å²) in [5.41, 5.74) is 7.58. The average Bonchev–Trinajstić information content (AvgIpc) is 3.10. The summed E-state index contributed by atoms with van der Waals surface area (Å²) in [5, 5.41) is 1.78. The van der Waals surface area contributed by atoms with Crippen LogP contribution in [-0.2, 0) is 6.42 Å². The molecule has 3 nitrogen and oxygen atoms in total. The lowest BCUT2D eigenvalue weighted by Gasteiger charge is -2.16. The lowest BCUT2D eigenvalue weighted by atomic mass is 10.1. The number of anilines is 1. The molecule has 0 saturated heterocycles. The smallest absolute Gasteiger partial charge is 0.259 e. The Morgan fingerprint density at radius 3 is 3.10 bits per heavy atom. The quantitative estimate of drug-likeness (QED) is 0.822. The lowest BCUT2D eigenvalue weighted by molar-refractivity contribution is 0.0990. The van der Waals surface area contributed by atoms with Gasteiger partial charge < -0.3 is 10.6 Å². The van der Waals surface area contributed by atoms with Crippen molar-refractivity contribution in [2.45, 2.75) is 6.42 Å². The molecule has 0 unspecified atom stereocenters. The zero-order chi connectivity index (χ0) is 14.8. The van der Waals surface area contributed by atoms with Crippen molar-refractivity contribution in [3.8, 4) is 11.8 Å². The number of hydrogen-bond donors (Lipinski definition) is 1. The molecule has 21 heavy (non-hydrogen) atoms. The van der Waals surface area contributed by atoms with Crippen molar-refractivity contribution in [3.05, 3.63) is 51.5 Å². The summed E-state index contributed by atoms with van der Waals surface area (Å²) in [6.45, 7) is 0.872. The molecule has 1 aromatic heterocycles. The van der Waals surface area contributed by atoms with Crippen LogP contribution in [0, 0.1) is 17.7 Å². The fourth-order valence-corrected chi connectivity index (χ4v) is 3.12.